The first kappa shape index (κ1) is 22.9. The standard InChI is InChI=1S/C21H21ClFN3O4S/c1-12(14-8-10-15(11-9-14)31(28,29)26(3)4)24-21(27)18-13(2)30-25-20(18)19-16(22)6-5-7-17(19)23/h5-12H,1-4H3,(H,24,27). The van der Waals surface area contributed by atoms with E-state index < -0.39 is 27.8 Å². The molecule has 1 heterocycles. The number of hydrogen-bond donors (Lipinski definition) is 1. The van der Waals surface area contributed by atoms with Gasteiger partial charge in [-0.3, -0.25) is 4.79 Å². The van der Waals surface area contributed by atoms with Crippen molar-refractivity contribution in [3.63, 3.8) is 0 Å². The number of amides is 1. The molecular weight excluding hydrogens is 445 g/mol. The van der Waals surface area contributed by atoms with Gasteiger partial charge in [0.1, 0.15) is 22.8 Å². The highest BCUT2D eigenvalue weighted by Crippen LogP contribution is 2.33. The maximum Gasteiger partial charge on any atom is 0.257 e. The van der Waals surface area contributed by atoms with Crippen LogP contribution in [-0.4, -0.2) is 37.9 Å². The van der Waals surface area contributed by atoms with Gasteiger partial charge in [-0.1, -0.05) is 35.0 Å². The molecule has 0 fully saturated rings. The zero-order valence-electron chi connectivity index (χ0n) is 17.3. The zero-order valence-corrected chi connectivity index (χ0v) is 18.9. The van der Waals surface area contributed by atoms with Crippen molar-refractivity contribution >= 4 is 27.5 Å². The van der Waals surface area contributed by atoms with E-state index in [0.29, 0.717) is 5.56 Å². The molecule has 0 saturated heterocycles. The van der Waals surface area contributed by atoms with E-state index in [9.17, 15) is 17.6 Å². The highest BCUT2D eigenvalue weighted by molar-refractivity contribution is 7.89. The van der Waals surface area contributed by atoms with E-state index >= 15 is 0 Å². The van der Waals surface area contributed by atoms with Gasteiger partial charge in [-0.05, 0) is 43.7 Å². The van der Waals surface area contributed by atoms with Crippen LogP contribution in [0.1, 0.15) is 34.6 Å². The summed E-state index contributed by atoms with van der Waals surface area (Å²) in [4.78, 5) is 13.1. The van der Waals surface area contributed by atoms with Gasteiger partial charge in [0.2, 0.25) is 10.0 Å². The fraction of sp³-hybridized carbons (Fsp3) is 0.238. The van der Waals surface area contributed by atoms with Gasteiger partial charge in [0.15, 0.2) is 0 Å². The van der Waals surface area contributed by atoms with E-state index in [1.807, 2.05) is 0 Å². The minimum atomic E-state index is -3.55. The van der Waals surface area contributed by atoms with Crippen LogP contribution >= 0.6 is 11.6 Å². The summed E-state index contributed by atoms with van der Waals surface area (Å²) in [6.07, 6.45) is 0. The summed E-state index contributed by atoms with van der Waals surface area (Å²) in [5.74, 6) is -0.933. The monoisotopic (exact) mass is 465 g/mol. The molecule has 0 aliphatic heterocycles. The number of rotatable bonds is 6. The summed E-state index contributed by atoms with van der Waals surface area (Å²) in [7, 11) is -0.648. The fourth-order valence-corrected chi connectivity index (χ4v) is 4.18. The topological polar surface area (TPSA) is 92.5 Å². The predicted molar refractivity (Wildman–Crippen MR) is 115 cm³/mol. The molecule has 0 spiro atoms. The number of nitrogens with one attached hydrogen (secondary N) is 1. The maximum atomic E-state index is 14.4. The van der Waals surface area contributed by atoms with Crippen LogP contribution in [0.5, 0.6) is 0 Å². The number of nitrogens with zero attached hydrogens (tertiary/aromatic N) is 2. The number of hydrogen-bond acceptors (Lipinski definition) is 5. The summed E-state index contributed by atoms with van der Waals surface area (Å²) < 4.78 is 45.0. The molecule has 164 valence electrons. The van der Waals surface area contributed by atoms with Crippen LogP contribution in [0.15, 0.2) is 51.9 Å². The molecule has 1 amide bonds. The quantitative estimate of drug-likeness (QED) is 0.589. The molecule has 3 rings (SSSR count). The minimum absolute atomic E-state index is 0.0118. The molecule has 0 saturated carbocycles. The van der Waals surface area contributed by atoms with Crippen LogP contribution in [-0.2, 0) is 10.0 Å². The van der Waals surface area contributed by atoms with E-state index in [2.05, 4.69) is 10.5 Å². The second-order valence-electron chi connectivity index (χ2n) is 7.11. The number of carbonyl (C=O) groups is 1. The van der Waals surface area contributed by atoms with Crippen molar-refractivity contribution in [2.75, 3.05) is 14.1 Å². The van der Waals surface area contributed by atoms with Gasteiger partial charge in [0, 0.05) is 14.1 Å². The molecule has 1 atom stereocenters. The third kappa shape index (κ3) is 4.48. The first-order valence-corrected chi connectivity index (χ1v) is 11.1. The van der Waals surface area contributed by atoms with Gasteiger partial charge >= 0.3 is 0 Å². The van der Waals surface area contributed by atoms with Crippen molar-refractivity contribution in [3.8, 4) is 11.3 Å². The molecule has 0 bridgehead atoms. The predicted octanol–water partition coefficient (Wildman–Crippen LogP) is 4.18. The summed E-state index contributed by atoms with van der Waals surface area (Å²) in [6, 6.07) is 9.90. The van der Waals surface area contributed by atoms with E-state index in [4.69, 9.17) is 16.1 Å². The number of benzene rings is 2. The first-order valence-electron chi connectivity index (χ1n) is 9.28. The van der Waals surface area contributed by atoms with Gasteiger partial charge in [-0.15, -0.1) is 0 Å². The van der Waals surface area contributed by atoms with Gasteiger partial charge in [-0.2, -0.15) is 0 Å². The Morgan fingerprint density at radius 2 is 1.84 bits per heavy atom. The first-order chi connectivity index (χ1) is 14.5. The maximum absolute atomic E-state index is 14.4. The number of carbonyl (C=O) groups excluding carboxylic acids is 1. The van der Waals surface area contributed by atoms with Crippen LogP contribution in [0.2, 0.25) is 5.02 Å². The van der Waals surface area contributed by atoms with E-state index in [0.717, 1.165) is 4.31 Å². The Morgan fingerprint density at radius 3 is 2.42 bits per heavy atom. The van der Waals surface area contributed by atoms with Crippen molar-refractivity contribution in [1.82, 2.24) is 14.8 Å². The van der Waals surface area contributed by atoms with Crippen LogP contribution in [0, 0.1) is 12.7 Å². The largest absolute Gasteiger partial charge is 0.360 e. The molecule has 1 aromatic heterocycles. The van der Waals surface area contributed by atoms with Crippen molar-refractivity contribution in [3.05, 3.63) is 70.2 Å². The Kier molecular flexibility index (Phi) is 6.49. The second-order valence-corrected chi connectivity index (χ2v) is 9.67. The van der Waals surface area contributed by atoms with Gasteiger partial charge < -0.3 is 9.84 Å². The number of halogens is 2. The molecule has 7 nitrogen and oxygen atoms in total. The lowest BCUT2D eigenvalue weighted by molar-refractivity contribution is 0.0939. The van der Waals surface area contributed by atoms with E-state index in [-0.39, 0.29) is 32.5 Å². The van der Waals surface area contributed by atoms with Gasteiger partial charge in [0.05, 0.1) is 21.5 Å². The minimum Gasteiger partial charge on any atom is -0.360 e. The van der Waals surface area contributed by atoms with Crippen LogP contribution in [0.25, 0.3) is 11.3 Å². The molecule has 0 aliphatic carbocycles. The molecular formula is C21H21ClFN3O4S. The molecule has 0 radical (unpaired) electrons. The van der Waals surface area contributed by atoms with Crippen molar-refractivity contribution in [2.45, 2.75) is 24.8 Å². The third-order valence-corrected chi connectivity index (χ3v) is 6.94. The summed E-state index contributed by atoms with van der Waals surface area (Å²) in [5, 5.41) is 6.74. The highest BCUT2D eigenvalue weighted by Gasteiger charge is 2.26. The summed E-state index contributed by atoms with van der Waals surface area (Å²) in [5.41, 5.74) is 0.756. The fourth-order valence-electron chi connectivity index (χ4n) is 3.03. The number of sulfonamides is 1. The summed E-state index contributed by atoms with van der Waals surface area (Å²) in [6.45, 7) is 3.29. The SMILES string of the molecule is Cc1onc(-c2c(F)cccc2Cl)c1C(=O)NC(C)c1ccc(S(=O)(=O)N(C)C)cc1. The van der Waals surface area contributed by atoms with E-state index in [1.54, 1.807) is 26.0 Å². The van der Waals surface area contributed by atoms with Crippen LogP contribution in [0.4, 0.5) is 4.39 Å². The highest BCUT2D eigenvalue weighted by atomic mass is 35.5. The Balaban J connectivity index is 1.87. The lowest BCUT2D eigenvalue weighted by Crippen LogP contribution is -2.27. The third-order valence-electron chi connectivity index (χ3n) is 4.80. The van der Waals surface area contributed by atoms with E-state index in [1.165, 1.54) is 44.4 Å². The molecule has 3 aromatic rings. The zero-order chi connectivity index (χ0) is 22.9. The molecule has 0 aliphatic rings. The normalized spacial score (nSPS) is 12.7. The molecule has 31 heavy (non-hydrogen) atoms. The second kappa shape index (κ2) is 8.78. The Labute approximate surface area is 184 Å². The van der Waals surface area contributed by atoms with Crippen LogP contribution < -0.4 is 5.32 Å². The van der Waals surface area contributed by atoms with Crippen LogP contribution in [0.3, 0.4) is 0 Å². The summed E-state index contributed by atoms with van der Waals surface area (Å²) >= 11 is 6.12. The van der Waals surface area contributed by atoms with Gasteiger partial charge in [0.25, 0.3) is 5.91 Å². The smallest absolute Gasteiger partial charge is 0.257 e. The molecule has 10 heteroatoms. The average Bonchev–Trinajstić information content (AvgIpc) is 3.09. The Hall–Kier alpha value is -2.75. The van der Waals surface area contributed by atoms with Crippen molar-refractivity contribution in [2.24, 2.45) is 0 Å². The lowest BCUT2D eigenvalue weighted by Gasteiger charge is -2.16. The molecule has 2 aromatic carbocycles. The Bertz CT molecular complexity index is 1200. The number of aromatic nitrogens is 1. The lowest BCUT2D eigenvalue weighted by atomic mass is 10.0. The average molecular weight is 466 g/mol. The van der Waals surface area contributed by atoms with Crippen molar-refractivity contribution in [1.29, 1.82) is 0 Å². The van der Waals surface area contributed by atoms with Gasteiger partial charge in [-0.25, -0.2) is 17.1 Å². The molecule has 1 N–H and O–H groups in total. The Morgan fingerprint density at radius 1 is 1.19 bits per heavy atom. The molecule has 1 unspecified atom stereocenters. The van der Waals surface area contributed by atoms with Crippen molar-refractivity contribution < 1.29 is 22.1 Å². The number of aryl methyl sites for hydroxylation is 1.